The van der Waals surface area contributed by atoms with Crippen LogP contribution in [0.4, 0.5) is 0 Å². The largest absolute Gasteiger partial charge is 0.151 e. The maximum Gasteiger partial charge on any atom is 0.000205 e. The van der Waals surface area contributed by atoms with Crippen molar-refractivity contribution in [3.8, 4) is 11.1 Å². The minimum Gasteiger partial charge on any atom is -0.151 e. The van der Waals surface area contributed by atoms with Gasteiger partial charge >= 0.3 is 0 Å². The lowest BCUT2D eigenvalue weighted by atomic mass is 10.0. The van der Waals surface area contributed by atoms with Crippen LogP contribution in [-0.4, -0.2) is 0 Å². The van der Waals surface area contributed by atoms with Crippen molar-refractivity contribution in [2.75, 3.05) is 0 Å². The molecule has 0 saturated carbocycles. The third kappa shape index (κ3) is 1.43. The highest BCUT2D eigenvalue weighted by Gasteiger charge is 2.10. The number of hydrogen-bond acceptors (Lipinski definition) is 1. The zero-order chi connectivity index (χ0) is 11.1. The molecule has 2 aliphatic rings. The molecule has 16 heavy (non-hydrogen) atoms. The van der Waals surface area contributed by atoms with Crippen LogP contribution < -0.4 is 0 Å². The fraction of sp³-hybridized carbons (Fsp3) is 0.200. The maximum absolute atomic E-state index is 2.32. The predicted octanol–water partition coefficient (Wildman–Crippen LogP) is 5.13. The van der Waals surface area contributed by atoms with Crippen LogP contribution in [0.3, 0.4) is 0 Å². The van der Waals surface area contributed by atoms with E-state index in [1.54, 1.807) is 11.3 Å². The second-order valence-electron chi connectivity index (χ2n) is 4.58. The first-order valence-electron chi connectivity index (χ1n) is 5.64. The van der Waals surface area contributed by atoms with Crippen molar-refractivity contribution in [1.29, 1.82) is 0 Å². The van der Waals surface area contributed by atoms with Crippen LogP contribution >= 0.6 is 11.3 Å². The van der Waals surface area contributed by atoms with E-state index < -0.39 is 0 Å². The molecule has 3 rings (SSSR count). The van der Waals surface area contributed by atoms with Crippen LogP contribution in [0.5, 0.6) is 0 Å². The third-order valence-electron chi connectivity index (χ3n) is 3.14. The first-order chi connectivity index (χ1) is 7.75. The van der Waals surface area contributed by atoms with E-state index in [0.29, 0.717) is 5.92 Å². The first kappa shape index (κ1) is 9.86. The van der Waals surface area contributed by atoms with Gasteiger partial charge in [0, 0.05) is 5.39 Å². The molecule has 0 unspecified atom stereocenters. The van der Waals surface area contributed by atoms with Gasteiger partial charge in [-0.2, -0.15) is 11.3 Å². The Bertz CT molecular complexity index is 604. The monoisotopic (exact) mass is 226 g/mol. The lowest BCUT2D eigenvalue weighted by Gasteiger charge is -2.01. The van der Waals surface area contributed by atoms with Gasteiger partial charge in [-0.3, -0.25) is 0 Å². The average Bonchev–Trinajstić information content (AvgIpc) is 2.73. The van der Waals surface area contributed by atoms with E-state index in [9.17, 15) is 0 Å². The smallest absolute Gasteiger partial charge is 0.000205 e. The van der Waals surface area contributed by atoms with Crippen LogP contribution in [-0.2, 0) is 0 Å². The standard InChI is InChI=1S/C15H14S/c1-10(2)11-4-3-5-14-12(6-11)7-13-8-16-9-15(13)14/h3-10H,1-2H3. The van der Waals surface area contributed by atoms with Crippen molar-refractivity contribution in [3.05, 3.63) is 46.7 Å². The summed E-state index contributed by atoms with van der Waals surface area (Å²) in [5, 5.41) is 7.24. The molecule has 80 valence electrons. The Kier molecular flexibility index (Phi) is 2.22. The lowest BCUT2D eigenvalue weighted by molar-refractivity contribution is 0.869. The molecule has 0 radical (unpaired) electrons. The summed E-state index contributed by atoms with van der Waals surface area (Å²) in [6.45, 7) is 4.48. The quantitative estimate of drug-likeness (QED) is 0.539. The summed E-state index contributed by atoms with van der Waals surface area (Å²) in [6.07, 6.45) is 0. The molecular weight excluding hydrogens is 212 g/mol. The number of fused-ring (bicyclic) bond motifs is 3. The van der Waals surface area contributed by atoms with E-state index in [1.807, 2.05) is 0 Å². The molecule has 0 aromatic carbocycles. The Balaban J connectivity index is 2.33. The van der Waals surface area contributed by atoms with Crippen molar-refractivity contribution in [1.82, 2.24) is 0 Å². The number of hydrogen-bond donors (Lipinski definition) is 0. The summed E-state index contributed by atoms with van der Waals surface area (Å²) in [5.74, 6) is 0.586. The first-order valence-corrected chi connectivity index (χ1v) is 6.58. The van der Waals surface area contributed by atoms with Gasteiger partial charge in [0.25, 0.3) is 0 Å². The molecular formula is C15H14S. The zero-order valence-electron chi connectivity index (χ0n) is 9.53. The minimum absolute atomic E-state index is 0.586. The van der Waals surface area contributed by atoms with Crippen molar-refractivity contribution in [2.24, 2.45) is 0 Å². The molecule has 0 bridgehead atoms. The topological polar surface area (TPSA) is 0 Å². The van der Waals surface area contributed by atoms with E-state index in [2.05, 4.69) is 54.9 Å². The van der Waals surface area contributed by atoms with Gasteiger partial charge in [0.1, 0.15) is 0 Å². The zero-order valence-corrected chi connectivity index (χ0v) is 10.3. The van der Waals surface area contributed by atoms with Gasteiger partial charge in [0.15, 0.2) is 0 Å². The Morgan fingerprint density at radius 3 is 2.75 bits per heavy atom. The molecule has 2 aliphatic carbocycles. The normalized spacial score (nSPS) is 11.7. The molecule has 1 aromatic rings. The van der Waals surface area contributed by atoms with E-state index in [4.69, 9.17) is 0 Å². The fourth-order valence-electron chi connectivity index (χ4n) is 2.19. The second kappa shape index (κ2) is 3.60. The molecule has 0 atom stereocenters. The highest BCUT2D eigenvalue weighted by molar-refractivity contribution is 7.09. The van der Waals surface area contributed by atoms with Gasteiger partial charge in [0.2, 0.25) is 0 Å². The van der Waals surface area contributed by atoms with Gasteiger partial charge in [-0.25, -0.2) is 0 Å². The molecule has 0 spiro atoms. The lowest BCUT2D eigenvalue weighted by Crippen LogP contribution is -1.82. The molecule has 1 aromatic heterocycles. The molecule has 0 saturated heterocycles. The number of thiophene rings is 1. The summed E-state index contributed by atoms with van der Waals surface area (Å²) >= 11 is 1.78. The Morgan fingerprint density at radius 2 is 1.94 bits per heavy atom. The fourth-order valence-corrected chi connectivity index (χ4v) is 2.99. The van der Waals surface area contributed by atoms with Gasteiger partial charge in [0.05, 0.1) is 0 Å². The van der Waals surface area contributed by atoms with Crippen LogP contribution in [0.15, 0.2) is 41.1 Å². The minimum atomic E-state index is 0.586. The van der Waals surface area contributed by atoms with Crippen molar-refractivity contribution in [3.63, 3.8) is 0 Å². The highest BCUT2D eigenvalue weighted by atomic mass is 32.1. The molecule has 0 amide bonds. The summed E-state index contributed by atoms with van der Waals surface area (Å²) in [6, 6.07) is 11.3. The summed E-state index contributed by atoms with van der Waals surface area (Å²) in [7, 11) is 0. The van der Waals surface area contributed by atoms with Crippen LogP contribution in [0.25, 0.3) is 21.9 Å². The molecule has 0 nitrogen and oxygen atoms in total. The molecule has 0 aliphatic heterocycles. The Morgan fingerprint density at radius 1 is 1.06 bits per heavy atom. The van der Waals surface area contributed by atoms with Crippen molar-refractivity contribution >= 4 is 22.1 Å². The maximum atomic E-state index is 2.32. The van der Waals surface area contributed by atoms with E-state index in [1.165, 1.54) is 27.5 Å². The Labute approximate surface area is 99.9 Å². The molecule has 1 heteroatoms. The van der Waals surface area contributed by atoms with Gasteiger partial charge in [-0.1, -0.05) is 38.1 Å². The summed E-state index contributed by atoms with van der Waals surface area (Å²) in [5.41, 5.74) is 4.15. The third-order valence-corrected chi connectivity index (χ3v) is 3.91. The van der Waals surface area contributed by atoms with E-state index in [-0.39, 0.29) is 0 Å². The van der Waals surface area contributed by atoms with Crippen molar-refractivity contribution in [2.45, 2.75) is 19.8 Å². The average molecular weight is 226 g/mol. The van der Waals surface area contributed by atoms with Crippen LogP contribution in [0, 0.1) is 0 Å². The van der Waals surface area contributed by atoms with Gasteiger partial charge < -0.3 is 0 Å². The molecule has 1 heterocycles. The van der Waals surface area contributed by atoms with Crippen LogP contribution in [0.2, 0.25) is 0 Å². The summed E-state index contributed by atoms with van der Waals surface area (Å²) < 4.78 is 0. The predicted molar refractivity (Wildman–Crippen MR) is 72.5 cm³/mol. The highest BCUT2D eigenvalue weighted by Crippen LogP contribution is 2.36. The molecule has 0 fully saturated rings. The van der Waals surface area contributed by atoms with Gasteiger partial charge in [-0.05, 0) is 44.8 Å². The Hall–Kier alpha value is -1.34. The number of rotatable bonds is 1. The van der Waals surface area contributed by atoms with Gasteiger partial charge in [-0.15, -0.1) is 0 Å². The van der Waals surface area contributed by atoms with E-state index >= 15 is 0 Å². The second-order valence-corrected chi connectivity index (χ2v) is 5.32. The SMILES string of the molecule is CC(C)c1cccc2c3cscc3cc-2c1. The van der Waals surface area contributed by atoms with Crippen LogP contribution in [0.1, 0.15) is 25.3 Å². The van der Waals surface area contributed by atoms with E-state index in [0.717, 1.165) is 0 Å². The summed E-state index contributed by atoms with van der Waals surface area (Å²) in [4.78, 5) is 0. The van der Waals surface area contributed by atoms with Crippen molar-refractivity contribution < 1.29 is 0 Å². The molecule has 0 N–H and O–H groups in total.